The maximum absolute atomic E-state index is 11.9. The first-order valence-electron chi connectivity index (χ1n) is 6.42. The highest BCUT2D eigenvalue weighted by molar-refractivity contribution is 7.80. The normalized spacial score (nSPS) is 17.1. The molecule has 0 atom stereocenters. The van der Waals surface area contributed by atoms with Gasteiger partial charge in [-0.25, -0.2) is 0 Å². The van der Waals surface area contributed by atoms with Gasteiger partial charge in [-0.15, -0.1) is 0 Å². The lowest BCUT2D eigenvalue weighted by Gasteiger charge is -2.34. The molecule has 0 bridgehead atoms. The molecule has 0 spiro atoms. The molecule has 1 aliphatic rings. The predicted octanol–water partition coefficient (Wildman–Crippen LogP) is 0.997. The Morgan fingerprint density at radius 2 is 1.88 bits per heavy atom. The Morgan fingerprint density at radius 3 is 2.41 bits per heavy atom. The van der Waals surface area contributed by atoms with Crippen molar-refractivity contribution in [2.24, 2.45) is 5.73 Å². The topological polar surface area (TPSA) is 49.6 Å². The number of piperazine rings is 1. The third-order valence-electron chi connectivity index (χ3n) is 3.10. The number of amides is 1. The minimum absolute atomic E-state index is 0.299. The number of carbonyl (C=O) groups is 1. The first-order chi connectivity index (χ1) is 8.13. The van der Waals surface area contributed by atoms with Crippen molar-refractivity contribution in [2.75, 3.05) is 32.7 Å². The van der Waals surface area contributed by atoms with Crippen LogP contribution in [0.5, 0.6) is 0 Å². The lowest BCUT2D eigenvalue weighted by molar-refractivity contribution is -0.132. The summed E-state index contributed by atoms with van der Waals surface area (Å²) in [4.78, 5) is 16.6. The van der Waals surface area contributed by atoms with E-state index in [-0.39, 0.29) is 0 Å². The number of rotatable bonds is 6. The molecular formula is C12H23N3OS. The van der Waals surface area contributed by atoms with Crippen molar-refractivity contribution in [3.63, 3.8) is 0 Å². The highest BCUT2D eigenvalue weighted by Crippen LogP contribution is 2.07. The third-order valence-corrected chi connectivity index (χ3v) is 3.23. The van der Waals surface area contributed by atoms with Crippen LogP contribution < -0.4 is 5.73 Å². The van der Waals surface area contributed by atoms with Crippen molar-refractivity contribution in [1.82, 2.24) is 9.80 Å². The molecule has 0 aromatic carbocycles. The van der Waals surface area contributed by atoms with Gasteiger partial charge >= 0.3 is 0 Å². The quantitative estimate of drug-likeness (QED) is 0.570. The van der Waals surface area contributed by atoms with Gasteiger partial charge in [0.05, 0.1) is 4.99 Å². The van der Waals surface area contributed by atoms with E-state index in [2.05, 4.69) is 11.8 Å². The first-order valence-corrected chi connectivity index (χ1v) is 6.82. The molecule has 98 valence electrons. The Morgan fingerprint density at radius 1 is 1.24 bits per heavy atom. The van der Waals surface area contributed by atoms with Gasteiger partial charge in [-0.3, -0.25) is 9.69 Å². The largest absolute Gasteiger partial charge is 0.392 e. The SMILES string of the molecule is CCCCCC(=O)N1CCN(CC(N)=S)CC1. The fourth-order valence-corrected chi connectivity index (χ4v) is 2.24. The number of nitrogens with two attached hydrogens (primary N) is 1. The van der Waals surface area contributed by atoms with Gasteiger partial charge in [-0.05, 0) is 6.42 Å². The predicted molar refractivity (Wildman–Crippen MR) is 73.9 cm³/mol. The molecule has 0 saturated carbocycles. The van der Waals surface area contributed by atoms with E-state index in [1.54, 1.807) is 0 Å². The van der Waals surface area contributed by atoms with Gasteiger partial charge in [0.25, 0.3) is 0 Å². The molecule has 17 heavy (non-hydrogen) atoms. The molecule has 5 heteroatoms. The van der Waals surface area contributed by atoms with E-state index >= 15 is 0 Å². The standard InChI is InChI=1S/C12H23N3OS/c1-2-3-4-5-12(16)15-8-6-14(7-9-15)10-11(13)17/h2-10H2,1H3,(H2,13,17). The van der Waals surface area contributed by atoms with E-state index in [0.29, 0.717) is 23.9 Å². The summed E-state index contributed by atoms with van der Waals surface area (Å²) in [5.41, 5.74) is 5.51. The maximum atomic E-state index is 11.9. The van der Waals surface area contributed by atoms with Crippen LogP contribution in [0.25, 0.3) is 0 Å². The van der Waals surface area contributed by atoms with Gasteiger partial charge in [-0.1, -0.05) is 32.0 Å². The second-order valence-electron chi connectivity index (χ2n) is 4.58. The zero-order valence-corrected chi connectivity index (χ0v) is 11.5. The monoisotopic (exact) mass is 257 g/mol. The number of thiocarbonyl (C=S) groups is 1. The highest BCUT2D eigenvalue weighted by Gasteiger charge is 2.20. The second-order valence-corrected chi connectivity index (χ2v) is 5.10. The van der Waals surface area contributed by atoms with Crippen LogP contribution in [0.4, 0.5) is 0 Å². The molecule has 2 N–H and O–H groups in total. The summed E-state index contributed by atoms with van der Waals surface area (Å²) in [5, 5.41) is 0. The van der Waals surface area contributed by atoms with Crippen LogP contribution >= 0.6 is 12.2 Å². The van der Waals surface area contributed by atoms with Crippen LogP contribution in [-0.2, 0) is 4.79 Å². The van der Waals surface area contributed by atoms with Gasteiger partial charge < -0.3 is 10.6 Å². The fraction of sp³-hybridized carbons (Fsp3) is 0.833. The number of hydrogen-bond donors (Lipinski definition) is 1. The average Bonchev–Trinajstić information content (AvgIpc) is 2.29. The molecule has 0 unspecified atom stereocenters. The number of carbonyl (C=O) groups excluding carboxylic acids is 1. The first kappa shape index (κ1) is 14.4. The van der Waals surface area contributed by atoms with E-state index in [0.717, 1.165) is 45.4 Å². The molecule has 0 aromatic rings. The Hall–Kier alpha value is -0.680. The minimum Gasteiger partial charge on any atom is -0.392 e. The molecule has 4 nitrogen and oxygen atoms in total. The third kappa shape index (κ3) is 5.46. The van der Waals surface area contributed by atoms with Gasteiger partial charge in [0, 0.05) is 39.1 Å². The Kier molecular flexibility index (Phi) is 6.44. The van der Waals surface area contributed by atoms with Crippen LogP contribution in [0.2, 0.25) is 0 Å². The van der Waals surface area contributed by atoms with Crippen LogP contribution in [0.1, 0.15) is 32.6 Å². The smallest absolute Gasteiger partial charge is 0.222 e. The van der Waals surface area contributed by atoms with E-state index in [4.69, 9.17) is 18.0 Å². The highest BCUT2D eigenvalue weighted by atomic mass is 32.1. The van der Waals surface area contributed by atoms with Crippen LogP contribution in [-0.4, -0.2) is 53.4 Å². The van der Waals surface area contributed by atoms with Crippen LogP contribution in [0.3, 0.4) is 0 Å². The molecule has 1 amide bonds. The van der Waals surface area contributed by atoms with Crippen molar-refractivity contribution in [2.45, 2.75) is 32.6 Å². The Bertz CT molecular complexity index is 262. The molecule has 1 heterocycles. The number of hydrogen-bond acceptors (Lipinski definition) is 3. The van der Waals surface area contributed by atoms with Crippen LogP contribution in [0, 0.1) is 0 Å². The van der Waals surface area contributed by atoms with Crippen molar-refractivity contribution in [3.05, 3.63) is 0 Å². The molecule has 0 radical (unpaired) electrons. The number of nitrogens with zero attached hydrogens (tertiary/aromatic N) is 2. The maximum Gasteiger partial charge on any atom is 0.222 e. The summed E-state index contributed by atoms with van der Waals surface area (Å²) in [6.45, 7) is 6.22. The average molecular weight is 257 g/mol. The summed E-state index contributed by atoms with van der Waals surface area (Å²) >= 11 is 4.88. The zero-order chi connectivity index (χ0) is 12.7. The van der Waals surface area contributed by atoms with Gasteiger partial charge in [0.15, 0.2) is 0 Å². The second kappa shape index (κ2) is 7.61. The van der Waals surface area contributed by atoms with Crippen molar-refractivity contribution in [3.8, 4) is 0 Å². The van der Waals surface area contributed by atoms with Crippen LogP contribution in [0.15, 0.2) is 0 Å². The van der Waals surface area contributed by atoms with Crippen molar-refractivity contribution in [1.29, 1.82) is 0 Å². The summed E-state index contributed by atoms with van der Waals surface area (Å²) in [6.07, 6.45) is 4.02. The Balaban J connectivity index is 2.21. The van der Waals surface area contributed by atoms with E-state index in [1.807, 2.05) is 4.90 Å². The van der Waals surface area contributed by atoms with E-state index in [9.17, 15) is 4.79 Å². The molecule has 1 aliphatic heterocycles. The molecule has 0 aliphatic carbocycles. The van der Waals surface area contributed by atoms with E-state index < -0.39 is 0 Å². The van der Waals surface area contributed by atoms with Crippen molar-refractivity contribution < 1.29 is 4.79 Å². The summed E-state index contributed by atoms with van der Waals surface area (Å²) in [7, 11) is 0. The zero-order valence-electron chi connectivity index (χ0n) is 10.7. The lowest BCUT2D eigenvalue weighted by Crippen LogP contribution is -2.50. The molecule has 0 aromatic heterocycles. The van der Waals surface area contributed by atoms with Gasteiger partial charge in [-0.2, -0.15) is 0 Å². The molecular weight excluding hydrogens is 234 g/mol. The van der Waals surface area contributed by atoms with Gasteiger partial charge in [0.1, 0.15) is 0 Å². The Labute approximate surface area is 109 Å². The summed E-state index contributed by atoms with van der Waals surface area (Å²) in [5.74, 6) is 0.299. The van der Waals surface area contributed by atoms with E-state index in [1.165, 1.54) is 0 Å². The molecule has 1 rings (SSSR count). The van der Waals surface area contributed by atoms with Crippen molar-refractivity contribution >= 4 is 23.1 Å². The molecule has 1 fully saturated rings. The fourth-order valence-electron chi connectivity index (χ4n) is 2.06. The molecule has 1 saturated heterocycles. The lowest BCUT2D eigenvalue weighted by atomic mass is 10.2. The minimum atomic E-state index is 0.299. The summed E-state index contributed by atoms with van der Waals surface area (Å²) < 4.78 is 0. The number of unbranched alkanes of at least 4 members (excludes halogenated alkanes) is 2. The van der Waals surface area contributed by atoms with Gasteiger partial charge in [0.2, 0.25) is 5.91 Å². The summed E-state index contributed by atoms with van der Waals surface area (Å²) in [6, 6.07) is 0.